The minimum atomic E-state index is -0.0167. The van der Waals surface area contributed by atoms with Gasteiger partial charge in [0.2, 0.25) is 0 Å². The van der Waals surface area contributed by atoms with Gasteiger partial charge in [0, 0.05) is 15.5 Å². The number of carbonyl (C=O) groups is 1. The van der Waals surface area contributed by atoms with Gasteiger partial charge in [-0.2, -0.15) is 0 Å². The molecule has 2 rings (SSSR count). The van der Waals surface area contributed by atoms with Gasteiger partial charge in [0.25, 0.3) is 5.91 Å². The molecule has 1 atom stereocenters. The number of nitrogens with one attached hydrogen (secondary N) is 2. The third kappa shape index (κ3) is 4.58. The second-order valence-electron chi connectivity index (χ2n) is 4.88. The van der Waals surface area contributed by atoms with Crippen molar-refractivity contribution in [2.24, 2.45) is 5.92 Å². The van der Waals surface area contributed by atoms with E-state index in [-0.39, 0.29) is 5.91 Å². The van der Waals surface area contributed by atoms with E-state index in [0.29, 0.717) is 11.5 Å². The molecule has 2 N–H and O–H groups in total. The highest BCUT2D eigenvalue weighted by Crippen LogP contribution is 2.21. The third-order valence-electron chi connectivity index (χ3n) is 3.41. The first-order valence-corrected chi connectivity index (χ1v) is 8.19. The van der Waals surface area contributed by atoms with Crippen molar-refractivity contribution in [1.29, 1.82) is 0 Å². The van der Waals surface area contributed by atoms with E-state index in [1.54, 1.807) is 0 Å². The molecule has 1 heterocycles. The molecular formula is C14H18Br2N2O. The van der Waals surface area contributed by atoms with Crippen molar-refractivity contribution in [2.45, 2.75) is 19.3 Å². The largest absolute Gasteiger partial charge is 0.352 e. The molecule has 0 radical (unpaired) electrons. The molecule has 0 saturated carbocycles. The Morgan fingerprint density at radius 1 is 1.42 bits per heavy atom. The Kier molecular flexibility index (Phi) is 5.85. The fourth-order valence-electron chi connectivity index (χ4n) is 2.33. The van der Waals surface area contributed by atoms with E-state index in [2.05, 4.69) is 42.5 Å². The van der Waals surface area contributed by atoms with Gasteiger partial charge in [-0.05, 0) is 72.4 Å². The van der Waals surface area contributed by atoms with E-state index in [4.69, 9.17) is 0 Å². The van der Waals surface area contributed by atoms with Crippen molar-refractivity contribution in [1.82, 2.24) is 10.6 Å². The average Bonchev–Trinajstić information content (AvgIpc) is 2.42. The van der Waals surface area contributed by atoms with Crippen molar-refractivity contribution in [3.63, 3.8) is 0 Å². The fourth-order valence-corrected chi connectivity index (χ4v) is 3.11. The first-order chi connectivity index (χ1) is 9.16. The van der Waals surface area contributed by atoms with Gasteiger partial charge in [0.1, 0.15) is 0 Å². The summed E-state index contributed by atoms with van der Waals surface area (Å²) in [4.78, 5) is 12.1. The van der Waals surface area contributed by atoms with Gasteiger partial charge < -0.3 is 10.6 Å². The smallest absolute Gasteiger partial charge is 0.252 e. The predicted octanol–water partition coefficient (Wildman–Crippen LogP) is 3.33. The Morgan fingerprint density at radius 3 is 3.00 bits per heavy atom. The van der Waals surface area contributed by atoms with Crippen LogP contribution in [-0.2, 0) is 0 Å². The van der Waals surface area contributed by atoms with Gasteiger partial charge in [0.05, 0.1) is 5.56 Å². The molecule has 0 bridgehead atoms. The normalized spacial score (nSPS) is 19.2. The quantitative estimate of drug-likeness (QED) is 0.829. The van der Waals surface area contributed by atoms with Crippen molar-refractivity contribution >= 4 is 37.8 Å². The first-order valence-electron chi connectivity index (χ1n) is 6.61. The van der Waals surface area contributed by atoms with E-state index in [1.165, 1.54) is 12.8 Å². The van der Waals surface area contributed by atoms with Gasteiger partial charge in [-0.15, -0.1) is 0 Å². The van der Waals surface area contributed by atoms with E-state index < -0.39 is 0 Å². The molecule has 5 heteroatoms. The van der Waals surface area contributed by atoms with Crippen LogP contribution < -0.4 is 10.6 Å². The molecule has 104 valence electrons. The lowest BCUT2D eigenvalue weighted by atomic mass is 9.96. The summed E-state index contributed by atoms with van der Waals surface area (Å²) >= 11 is 6.79. The number of hydrogen-bond acceptors (Lipinski definition) is 2. The fraction of sp³-hybridized carbons (Fsp3) is 0.500. The van der Waals surface area contributed by atoms with Crippen LogP contribution in [0.3, 0.4) is 0 Å². The van der Waals surface area contributed by atoms with E-state index in [9.17, 15) is 4.79 Å². The molecule has 1 aromatic carbocycles. The molecule has 0 aromatic heterocycles. The van der Waals surface area contributed by atoms with Crippen LogP contribution in [0.4, 0.5) is 0 Å². The summed E-state index contributed by atoms with van der Waals surface area (Å²) in [5.41, 5.74) is 0.677. The lowest BCUT2D eigenvalue weighted by Crippen LogP contribution is -2.33. The summed E-state index contributed by atoms with van der Waals surface area (Å²) in [7, 11) is 0. The van der Waals surface area contributed by atoms with Crippen LogP contribution in [-0.4, -0.2) is 25.5 Å². The highest BCUT2D eigenvalue weighted by molar-refractivity contribution is 9.11. The highest BCUT2D eigenvalue weighted by Gasteiger charge is 2.14. The number of piperidine rings is 1. The summed E-state index contributed by atoms with van der Waals surface area (Å²) in [5.74, 6) is 0.678. The minimum absolute atomic E-state index is 0.0167. The summed E-state index contributed by atoms with van der Waals surface area (Å²) < 4.78 is 1.74. The Labute approximate surface area is 130 Å². The molecule has 3 nitrogen and oxygen atoms in total. The number of rotatable bonds is 4. The first kappa shape index (κ1) is 15.0. The third-order valence-corrected chi connectivity index (χ3v) is 4.59. The SMILES string of the molecule is O=C(NCCC1CCCNC1)c1cc(Br)ccc1Br. The minimum Gasteiger partial charge on any atom is -0.352 e. The molecule has 0 aliphatic carbocycles. The average molecular weight is 390 g/mol. The van der Waals surface area contributed by atoms with E-state index in [1.807, 2.05) is 18.2 Å². The van der Waals surface area contributed by atoms with Crippen LogP contribution in [0.25, 0.3) is 0 Å². The topological polar surface area (TPSA) is 41.1 Å². The standard InChI is InChI=1S/C14H18Br2N2O/c15-11-3-4-13(16)12(8-11)14(19)18-7-5-10-2-1-6-17-9-10/h3-4,8,10,17H,1-2,5-7,9H2,(H,18,19). The van der Waals surface area contributed by atoms with Crippen molar-refractivity contribution in [2.75, 3.05) is 19.6 Å². The molecule has 0 spiro atoms. The van der Waals surface area contributed by atoms with Crippen molar-refractivity contribution < 1.29 is 4.79 Å². The van der Waals surface area contributed by atoms with Crippen LogP contribution in [0, 0.1) is 5.92 Å². The summed E-state index contributed by atoms with van der Waals surface area (Å²) in [6.07, 6.45) is 3.56. The monoisotopic (exact) mass is 388 g/mol. The number of benzene rings is 1. The number of carbonyl (C=O) groups excluding carboxylic acids is 1. The Hall–Kier alpha value is -0.390. The number of hydrogen-bond donors (Lipinski definition) is 2. The maximum atomic E-state index is 12.1. The van der Waals surface area contributed by atoms with Gasteiger partial charge in [-0.25, -0.2) is 0 Å². The zero-order valence-corrected chi connectivity index (χ0v) is 13.9. The Balaban J connectivity index is 1.82. The van der Waals surface area contributed by atoms with Gasteiger partial charge in [-0.1, -0.05) is 15.9 Å². The Bertz CT molecular complexity index is 445. The van der Waals surface area contributed by atoms with Gasteiger partial charge in [0.15, 0.2) is 0 Å². The zero-order chi connectivity index (χ0) is 13.7. The molecule has 1 saturated heterocycles. The highest BCUT2D eigenvalue weighted by atomic mass is 79.9. The molecule has 1 aliphatic heterocycles. The summed E-state index contributed by atoms with van der Waals surface area (Å²) in [5, 5.41) is 6.39. The predicted molar refractivity (Wildman–Crippen MR) is 84.4 cm³/mol. The van der Waals surface area contributed by atoms with Gasteiger partial charge >= 0.3 is 0 Å². The molecule has 1 fully saturated rings. The van der Waals surface area contributed by atoms with Crippen molar-refractivity contribution in [3.05, 3.63) is 32.7 Å². The van der Waals surface area contributed by atoms with Crippen LogP contribution in [0.15, 0.2) is 27.1 Å². The molecular weight excluding hydrogens is 372 g/mol. The second-order valence-corrected chi connectivity index (χ2v) is 6.65. The Morgan fingerprint density at radius 2 is 2.26 bits per heavy atom. The molecule has 1 unspecified atom stereocenters. The van der Waals surface area contributed by atoms with Crippen LogP contribution >= 0.6 is 31.9 Å². The van der Waals surface area contributed by atoms with Gasteiger partial charge in [-0.3, -0.25) is 4.79 Å². The van der Waals surface area contributed by atoms with E-state index in [0.717, 1.165) is 35.0 Å². The molecule has 1 amide bonds. The van der Waals surface area contributed by atoms with Crippen LogP contribution in [0.1, 0.15) is 29.6 Å². The summed E-state index contributed by atoms with van der Waals surface area (Å²) in [6, 6.07) is 5.63. The lowest BCUT2D eigenvalue weighted by molar-refractivity contribution is 0.0950. The maximum Gasteiger partial charge on any atom is 0.252 e. The molecule has 1 aromatic rings. The van der Waals surface area contributed by atoms with Crippen molar-refractivity contribution in [3.8, 4) is 0 Å². The zero-order valence-electron chi connectivity index (χ0n) is 10.7. The maximum absolute atomic E-state index is 12.1. The summed E-state index contributed by atoms with van der Waals surface area (Å²) in [6.45, 7) is 2.95. The molecule has 1 aliphatic rings. The second kappa shape index (κ2) is 7.41. The van der Waals surface area contributed by atoms with Crippen LogP contribution in [0.2, 0.25) is 0 Å². The van der Waals surface area contributed by atoms with Crippen LogP contribution in [0.5, 0.6) is 0 Å². The molecule has 19 heavy (non-hydrogen) atoms. The lowest BCUT2D eigenvalue weighted by Gasteiger charge is -2.22. The number of amides is 1. The number of halogens is 2. The van der Waals surface area contributed by atoms with E-state index >= 15 is 0 Å².